The highest BCUT2D eigenvalue weighted by molar-refractivity contribution is 7.65. The van der Waals surface area contributed by atoms with E-state index in [9.17, 15) is 14.5 Å². The second kappa shape index (κ2) is 9.32. The van der Waals surface area contributed by atoms with Gasteiger partial charge in [-0.3, -0.25) is 4.57 Å². The molecule has 0 radical (unpaired) electrons. The van der Waals surface area contributed by atoms with Crippen LogP contribution < -0.4 is 10.8 Å². The standard InChI is InChI=1S/C17H29N2O5P/c1-6-23-25(5,22)15-11-13(10-14(12-20)19-15)8-7-9-18-16(21)24-17(2,3)4/h10-11,20H,6-9,12H2,1-5H3,(H,18,21). The largest absolute Gasteiger partial charge is 0.444 e. The first-order chi connectivity index (χ1) is 11.6. The van der Waals surface area contributed by atoms with Gasteiger partial charge in [-0.2, -0.15) is 0 Å². The minimum Gasteiger partial charge on any atom is -0.444 e. The fraction of sp³-hybridized carbons (Fsp3) is 0.647. The summed E-state index contributed by atoms with van der Waals surface area (Å²) in [6, 6.07) is 3.51. The molecule has 142 valence electrons. The van der Waals surface area contributed by atoms with Crippen LogP contribution in [0.3, 0.4) is 0 Å². The van der Waals surface area contributed by atoms with Gasteiger partial charge in [0.2, 0.25) is 7.37 Å². The van der Waals surface area contributed by atoms with Gasteiger partial charge in [-0.15, -0.1) is 0 Å². The fourth-order valence-electron chi connectivity index (χ4n) is 2.18. The van der Waals surface area contributed by atoms with Crippen LogP contribution >= 0.6 is 7.37 Å². The normalized spacial score (nSPS) is 14.0. The Hall–Kier alpha value is -1.43. The van der Waals surface area contributed by atoms with Crippen molar-refractivity contribution < 1.29 is 23.7 Å². The quantitative estimate of drug-likeness (QED) is 0.538. The van der Waals surface area contributed by atoms with Gasteiger partial charge in [-0.05, 0) is 58.2 Å². The Balaban J connectivity index is 2.67. The number of nitrogens with zero attached hydrogens (tertiary/aromatic N) is 1. The van der Waals surface area contributed by atoms with E-state index in [4.69, 9.17) is 9.26 Å². The summed E-state index contributed by atoms with van der Waals surface area (Å²) in [6.07, 6.45) is 0.870. The molecule has 1 aromatic heterocycles. The van der Waals surface area contributed by atoms with E-state index in [0.717, 1.165) is 5.56 Å². The molecule has 1 rings (SSSR count). The van der Waals surface area contributed by atoms with Gasteiger partial charge in [-0.25, -0.2) is 9.78 Å². The van der Waals surface area contributed by atoms with Crippen molar-refractivity contribution in [2.24, 2.45) is 0 Å². The van der Waals surface area contributed by atoms with E-state index in [0.29, 0.717) is 37.1 Å². The predicted molar refractivity (Wildman–Crippen MR) is 97.5 cm³/mol. The Labute approximate surface area is 149 Å². The van der Waals surface area contributed by atoms with Crippen molar-refractivity contribution in [1.82, 2.24) is 10.3 Å². The van der Waals surface area contributed by atoms with E-state index in [2.05, 4.69) is 10.3 Å². The summed E-state index contributed by atoms with van der Waals surface area (Å²) < 4.78 is 23.0. The SMILES string of the molecule is CCOP(C)(=O)c1cc(CCCNC(=O)OC(C)(C)C)cc(CO)n1. The lowest BCUT2D eigenvalue weighted by atomic mass is 10.1. The number of nitrogens with one attached hydrogen (secondary N) is 1. The highest BCUT2D eigenvalue weighted by Crippen LogP contribution is 2.40. The van der Waals surface area contributed by atoms with Crippen molar-refractivity contribution in [3.63, 3.8) is 0 Å². The summed E-state index contributed by atoms with van der Waals surface area (Å²) >= 11 is 0. The van der Waals surface area contributed by atoms with Crippen LogP contribution in [0.2, 0.25) is 0 Å². The van der Waals surface area contributed by atoms with Crippen LogP contribution in [0.25, 0.3) is 0 Å². The zero-order valence-corrected chi connectivity index (χ0v) is 16.6. The maximum atomic E-state index is 12.5. The monoisotopic (exact) mass is 372 g/mol. The van der Waals surface area contributed by atoms with E-state index in [1.54, 1.807) is 19.1 Å². The summed E-state index contributed by atoms with van der Waals surface area (Å²) in [5, 5.41) is 12.1. The number of amides is 1. The van der Waals surface area contributed by atoms with Crippen LogP contribution in [0.15, 0.2) is 12.1 Å². The summed E-state index contributed by atoms with van der Waals surface area (Å²) in [4.78, 5) is 15.8. The van der Waals surface area contributed by atoms with Crippen molar-refractivity contribution in [2.75, 3.05) is 19.8 Å². The molecular formula is C17H29N2O5P. The molecule has 0 aromatic carbocycles. The van der Waals surface area contributed by atoms with Gasteiger partial charge in [0.15, 0.2) is 0 Å². The Bertz CT molecular complexity index is 628. The first-order valence-corrected chi connectivity index (χ1v) is 10.4. The molecule has 25 heavy (non-hydrogen) atoms. The number of alkyl carbamates (subject to hydrolysis) is 1. The molecule has 7 nitrogen and oxygen atoms in total. The number of hydrogen-bond acceptors (Lipinski definition) is 6. The number of ether oxygens (including phenoxy) is 1. The number of carbonyl (C=O) groups excluding carboxylic acids is 1. The second-order valence-corrected chi connectivity index (χ2v) is 9.19. The molecule has 0 fully saturated rings. The van der Waals surface area contributed by atoms with Crippen molar-refractivity contribution in [3.05, 3.63) is 23.4 Å². The van der Waals surface area contributed by atoms with E-state index < -0.39 is 19.1 Å². The number of hydrogen-bond donors (Lipinski definition) is 2. The smallest absolute Gasteiger partial charge is 0.407 e. The predicted octanol–water partition coefficient (Wildman–Crippen LogP) is 2.60. The third kappa shape index (κ3) is 7.99. The highest BCUT2D eigenvalue weighted by atomic mass is 31.2. The molecule has 1 aromatic rings. The Morgan fingerprint density at radius 3 is 2.60 bits per heavy atom. The highest BCUT2D eigenvalue weighted by Gasteiger charge is 2.21. The molecule has 0 aliphatic heterocycles. The van der Waals surface area contributed by atoms with Crippen molar-refractivity contribution in [2.45, 2.75) is 52.7 Å². The lowest BCUT2D eigenvalue weighted by Crippen LogP contribution is -2.33. The average Bonchev–Trinajstić information content (AvgIpc) is 2.49. The molecular weight excluding hydrogens is 343 g/mol. The van der Waals surface area contributed by atoms with Gasteiger partial charge in [0.25, 0.3) is 0 Å². The summed E-state index contributed by atoms with van der Waals surface area (Å²) in [5.41, 5.74) is 1.17. The Kier molecular flexibility index (Phi) is 8.06. The number of carbonyl (C=O) groups is 1. The topological polar surface area (TPSA) is 97.8 Å². The number of aryl methyl sites for hydroxylation is 1. The minimum atomic E-state index is -3.00. The van der Waals surface area contributed by atoms with Crippen LogP contribution in [-0.2, 0) is 26.9 Å². The van der Waals surface area contributed by atoms with Crippen LogP contribution in [0, 0.1) is 0 Å². The van der Waals surface area contributed by atoms with E-state index in [-0.39, 0.29) is 6.61 Å². The maximum absolute atomic E-state index is 12.5. The lowest BCUT2D eigenvalue weighted by Gasteiger charge is -2.19. The van der Waals surface area contributed by atoms with Crippen LogP contribution in [0.1, 0.15) is 45.4 Å². The number of aromatic nitrogens is 1. The minimum absolute atomic E-state index is 0.233. The molecule has 0 saturated heterocycles. The first kappa shape index (κ1) is 21.6. The summed E-state index contributed by atoms with van der Waals surface area (Å²) in [6.45, 7) is 9.27. The van der Waals surface area contributed by atoms with E-state index in [1.165, 1.54) is 6.66 Å². The number of aliphatic hydroxyl groups is 1. The van der Waals surface area contributed by atoms with E-state index in [1.807, 2.05) is 20.8 Å². The van der Waals surface area contributed by atoms with Gasteiger partial charge < -0.3 is 19.7 Å². The van der Waals surface area contributed by atoms with E-state index >= 15 is 0 Å². The molecule has 1 amide bonds. The van der Waals surface area contributed by atoms with Gasteiger partial charge >= 0.3 is 6.09 Å². The second-order valence-electron chi connectivity index (χ2n) is 6.78. The maximum Gasteiger partial charge on any atom is 0.407 e. The summed E-state index contributed by atoms with van der Waals surface area (Å²) in [7, 11) is -3.00. The zero-order chi connectivity index (χ0) is 19.1. The average molecular weight is 372 g/mol. The van der Waals surface area contributed by atoms with Crippen molar-refractivity contribution >= 4 is 18.9 Å². The van der Waals surface area contributed by atoms with Crippen molar-refractivity contribution in [3.8, 4) is 0 Å². The van der Waals surface area contributed by atoms with Crippen molar-refractivity contribution in [1.29, 1.82) is 0 Å². The van der Waals surface area contributed by atoms with Crippen LogP contribution in [0.5, 0.6) is 0 Å². The van der Waals surface area contributed by atoms with Gasteiger partial charge in [-0.1, -0.05) is 0 Å². The molecule has 1 heterocycles. The molecule has 0 spiro atoms. The molecule has 1 atom stereocenters. The van der Waals surface area contributed by atoms with Gasteiger partial charge in [0, 0.05) is 13.2 Å². The molecule has 0 bridgehead atoms. The number of pyridine rings is 1. The third-order valence-corrected chi connectivity index (χ3v) is 5.00. The number of rotatable bonds is 8. The lowest BCUT2D eigenvalue weighted by molar-refractivity contribution is 0.0527. The van der Waals surface area contributed by atoms with Gasteiger partial charge in [0.1, 0.15) is 11.0 Å². The molecule has 1 unspecified atom stereocenters. The molecule has 0 saturated carbocycles. The molecule has 0 aliphatic carbocycles. The summed E-state index contributed by atoms with van der Waals surface area (Å²) in [5.74, 6) is 0. The fourth-order valence-corrected chi connectivity index (χ4v) is 3.51. The van der Waals surface area contributed by atoms with Crippen LogP contribution in [-0.4, -0.2) is 41.6 Å². The number of aliphatic hydroxyl groups excluding tert-OH is 1. The van der Waals surface area contributed by atoms with Crippen LogP contribution in [0.4, 0.5) is 4.79 Å². The Morgan fingerprint density at radius 1 is 1.36 bits per heavy atom. The molecule has 8 heteroatoms. The first-order valence-electron chi connectivity index (χ1n) is 8.37. The Morgan fingerprint density at radius 2 is 2.04 bits per heavy atom. The molecule has 2 N–H and O–H groups in total. The zero-order valence-electron chi connectivity index (χ0n) is 15.7. The van der Waals surface area contributed by atoms with Gasteiger partial charge in [0.05, 0.1) is 18.9 Å². The third-order valence-electron chi connectivity index (χ3n) is 3.19. The molecule has 0 aliphatic rings.